The highest BCUT2D eigenvalue weighted by Gasteiger charge is 2.20. The van der Waals surface area contributed by atoms with Crippen LogP contribution in [-0.2, 0) is 10.0 Å². The van der Waals surface area contributed by atoms with Gasteiger partial charge in [-0.1, -0.05) is 0 Å². The van der Waals surface area contributed by atoms with E-state index in [1.165, 1.54) is 28.6 Å². The molecule has 0 atom stereocenters. The molecule has 0 aliphatic heterocycles. The molecule has 1 aromatic rings. The summed E-state index contributed by atoms with van der Waals surface area (Å²) in [4.78, 5) is 2.11. The van der Waals surface area contributed by atoms with Crippen LogP contribution in [-0.4, -0.2) is 57.0 Å². The first kappa shape index (κ1) is 14.0. The SMILES string of the molecule is CN(C)CCN(C)S(=O)(=O)c1ccc(O)cc1. The van der Waals surface area contributed by atoms with Gasteiger partial charge in [-0.25, -0.2) is 8.42 Å². The number of phenolic OH excluding ortho intramolecular Hbond substituents is 1. The van der Waals surface area contributed by atoms with Crippen LogP contribution < -0.4 is 0 Å². The zero-order valence-electron chi connectivity index (χ0n) is 10.3. The maximum Gasteiger partial charge on any atom is 0.242 e. The number of rotatable bonds is 5. The van der Waals surface area contributed by atoms with Crippen molar-refractivity contribution in [1.82, 2.24) is 9.21 Å². The van der Waals surface area contributed by atoms with E-state index in [1.54, 1.807) is 7.05 Å². The van der Waals surface area contributed by atoms with Crippen molar-refractivity contribution >= 4 is 10.0 Å². The molecule has 6 heteroatoms. The number of hydrogen-bond acceptors (Lipinski definition) is 4. The number of phenols is 1. The van der Waals surface area contributed by atoms with E-state index in [2.05, 4.69) is 0 Å². The van der Waals surface area contributed by atoms with Crippen molar-refractivity contribution in [1.29, 1.82) is 0 Å². The average Bonchev–Trinajstić information content (AvgIpc) is 2.26. The molecule has 0 amide bonds. The summed E-state index contributed by atoms with van der Waals surface area (Å²) in [5.41, 5.74) is 0. The fourth-order valence-electron chi connectivity index (χ4n) is 1.26. The lowest BCUT2D eigenvalue weighted by Gasteiger charge is -2.19. The largest absolute Gasteiger partial charge is 0.508 e. The Morgan fingerprint density at radius 1 is 1.06 bits per heavy atom. The Bertz CT molecular complexity index is 454. The summed E-state index contributed by atoms with van der Waals surface area (Å²) >= 11 is 0. The van der Waals surface area contributed by atoms with Crippen molar-refractivity contribution in [2.24, 2.45) is 0 Å². The highest BCUT2D eigenvalue weighted by Crippen LogP contribution is 2.17. The molecule has 0 bridgehead atoms. The van der Waals surface area contributed by atoms with Crippen molar-refractivity contribution in [2.45, 2.75) is 4.90 Å². The van der Waals surface area contributed by atoms with E-state index in [4.69, 9.17) is 5.11 Å². The summed E-state index contributed by atoms with van der Waals surface area (Å²) in [6.45, 7) is 1.09. The Labute approximate surface area is 102 Å². The fourth-order valence-corrected chi connectivity index (χ4v) is 2.42. The van der Waals surface area contributed by atoms with E-state index < -0.39 is 10.0 Å². The lowest BCUT2D eigenvalue weighted by Crippen LogP contribution is -2.33. The molecule has 1 aromatic carbocycles. The molecular weight excluding hydrogens is 240 g/mol. The van der Waals surface area contributed by atoms with Crippen LogP contribution in [0.3, 0.4) is 0 Å². The Hall–Kier alpha value is -1.11. The van der Waals surface area contributed by atoms with Gasteiger partial charge < -0.3 is 10.0 Å². The van der Waals surface area contributed by atoms with Gasteiger partial charge >= 0.3 is 0 Å². The Balaban J connectivity index is 2.84. The molecule has 1 rings (SSSR count). The Kier molecular flexibility index (Phi) is 4.50. The van der Waals surface area contributed by atoms with Crippen LogP contribution in [0, 0.1) is 0 Å². The smallest absolute Gasteiger partial charge is 0.242 e. The Morgan fingerprint density at radius 2 is 1.59 bits per heavy atom. The third-order valence-corrected chi connectivity index (χ3v) is 4.28. The van der Waals surface area contributed by atoms with Gasteiger partial charge in [-0.2, -0.15) is 4.31 Å². The second kappa shape index (κ2) is 5.48. The first-order valence-electron chi connectivity index (χ1n) is 5.24. The standard InChI is InChI=1S/C11H18N2O3S/c1-12(2)8-9-13(3)17(15,16)11-6-4-10(14)5-7-11/h4-7,14H,8-9H2,1-3H3. The first-order chi connectivity index (χ1) is 7.84. The van der Waals surface area contributed by atoms with Gasteiger partial charge in [0.1, 0.15) is 5.75 Å². The van der Waals surface area contributed by atoms with Gasteiger partial charge in [-0.3, -0.25) is 0 Å². The molecule has 0 aromatic heterocycles. The van der Waals surface area contributed by atoms with E-state index in [0.717, 1.165) is 0 Å². The predicted molar refractivity (Wildman–Crippen MR) is 66.5 cm³/mol. The zero-order chi connectivity index (χ0) is 13.1. The molecule has 17 heavy (non-hydrogen) atoms. The maximum absolute atomic E-state index is 12.1. The molecule has 0 fully saturated rings. The normalized spacial score (nSPS) is 12.3. The molecule has 0 unspecified atom stereocenters. The van der Waals surface area contributed by atoms with Crippen LogP contribution in [0.4, 0.5) is 0 Å². The van der Waals surface area contributed by atoms with Crippen LogP contribution in [0.5, 0.6) is 5.75 Å². The molecule has 96 valence electrons. The number of likely N-dealkylation sites (N-methyl/N-ethyl adjacent to an activating group) is 2. The topological polar surface area (TPSA) is 60.9 Å². The summed E-state index contributed by atoms with van der Waals surface area (Å²) in [5, 5.41) is 9.12. The van der Waals surface area contributed by atoms with Gasteiger partial charge in [-0.15, -0.1) is 0 Å². The molecule has 5 nitrogen and oxygen atoms in total. The van der Waals surface area contributed by atoms with E-state index in [0.29, 0.717) is 13.1 Å². The molecule has 0 radical (unpaired) electrons. The quantitative estimate of drug-likeness (QED) is 0.839. The Morgan fingerprint density at radius 3 is 2.06 bits per heavy atom. The third-order valence-electron chi connectivity index (χ3n) is 2.41. The van der Waals surface area contributed by atoms with E-state index in [9.17, 15) is 8.42 Å². The number of aromatic hydroxyl groups is 1. The average molecular weight is 258 g/mol. The van der Waals surface area contributed by atoms with Crippen molar-refractivity contribution in [3.63, 3.8) is 0 Å². The lowest BCUT2D eigenvalue weighted by atomic mass is 10.3. The summed E-state index contributed by atoms with van der Waals surface area (Å²) < 4.78 is 25.5. The van der Waals surface area contributed by atoms with Gasteiger partial charge in [0.15, 0.2) is 0 Å². The van der Waals surface area contributed by atoms with Gasteiger partial charge in [0.2, 0.25) is 10.0 Å². The molecule has 0 aliphatic carbocycles. The first-order valence-corrected chi connectivity index (χ1v) is 6.68. The van der Waals surface area contributed by atoms with Crippen LogP contribution in [0.25, 0.3) is 0 Å². The van der Waals surface area contributed by atoms with Crippen LogP contribution >= 0.6 is 0 Å². The minimum atomic E-state index is -3.46. The number of nitrogens with zero attached hydrogens (tertiary/aromatic N) is 2. The molecule has 1 N–H and O–H groups in total. The lowest BCUT2D eigenvalue weighted by molar-refractivity contribution is 0.358. The van der Waals surface area contributed by atoms with Crippen molar-refractivity contribution in [3.05, 3.63) is 24.3 Å². The summed E-state index contributed by atoms with van der Waals surface area (Å²) in [6.07, 6.45) is 0. The molecule has 0 saturated carbocycles. The highest BCUT2D eigenvalue weighted by atomic mass is 32.2. The monoisotopic (exact) mass is 258 g/mol. The number of sulfonamides is 1. The summed E-state index contributed by atoms with van der Waals surface area (Å²) in [5.74, 6) is 0.0555. The molecule has 0 saturated heterocycles. The fraction of sp³-hybridized carbons (Fsp3) is 0.455. The summed E-state index contributed by atoms with van der Waals surface area (Å²) in [6, 6.07) is 5.53. The third kappa shape index (κ3) is 3.69. The predicted octanol–water partition coefficient (Wildman–Crippen LogP) is 0.574. The van der Waals surface area contributed by atoms with E-state index in [1.807, 2.05) is 19.0 Å². The van der Waals surface area contributed by atoms with Crippen molar-refractivity contribution < 1.29 is 13.5 Å². The van der Waals surface area contributed by atoms with Gasteiger partial charge in [0.25, 0.3) is 0 Å². The van der Waals surface area contributed by atoms with Crippen LogP contribution in [0.2, 0.25) is 0 Å². The molecular formula is C11H18N2O3S. The van der Waals surface area contributed by atoms with Crippen LogP contribution in [0.1, 0.15) is 0 Å². The van der Waals surface area contributed by atoms with Gasteiger partial charge in [0.05, 0.1) is 4.90 Å². The van der Waals surface area contributed by atoms with E-state index >= 15 is 0 Å². The second-order valence-corrected chi connectivity index (χ2v) is 6.17. The number of benzene rings is 1. The molecule has 0 aliphatic rings. The summed E-state index contributed by atoms with van der Waals surface area (Å²) in [7, 11) is 1.87. The zero-order valence-corrected chi connectivity index (χ0v) is 11.1. The molecule has 0 heterocycles. The maximum atomic E-state index is 12.1. The number of hydrogen-bond donors (Lipinski definition) is 1. The van der Waals surface area contributed by atoms with Crippen LogP contribution in [0.15, 0.2) is 29.2 Å². The van der Waals surface area contributed by atoms with E-state index in [-0.39, 0.29) is 10.6 Å². The van der Waals surface area contributed by atoms with Gasteiger partial charge in [0, 0.05) is 20.1 Å². The van der Waals surface area contributed by atoms with Gasteiger partial charge in [-0.05, 0) is 38.4 Å². The second-order valence-electron chi connectivity index (χ2n) is 4.12. The highest BCUT2D eigenvalue weighted by molar-refractivity contribution is 7.89. The minimum Gasteiger partial charge on any atom is -0.508 e. The minimum absolute atomic E-state index is 0.0555. The van der Waals surface area contributed by atoms with Crippen molar-refractivity contribution in [3.8, 4) is 5.75 Å². The molecule has 0 spiro atoms. The van der Waals surface area contributed by atoms with Crippen molar-refractivity contribution in [2.75, 3.05) is 34.2 Å².